The summed E-state index contributed by atoms with van der Waals surface area (Å²) in [4.78, 5) is 12.0. The van der Waals surface area contributed by atoms with Crippen molar-refractivity contribution in [1.82, 2.24) is 5.32 Å². The van der Waals surface area contributed by atoms with Crippen molar-refractivity contribution in [1.29, 1.82) is 0 Å². The fraction of sp³-hybridized carbons (Fsp3) is 0.286. The largest absolute Gasteiger partial charge is 0.493 e. The van der Waals surface area contributed by atoms with Crippen LogP contribution in [0, 0.1) is 0 Å². The Morgan fingerprint density at radius 1 is 0.929 bits per heavy atom. The summed E-state index contributed by atoms with van der Waals surface area (Å²) in [6.07, 6.45) is 2.17. The number of benzene rings is 2. The van der Waals surface area contributed by atoms with Gasteiger partial charge in [-0.15, -0.1) is 0 Å². The molecule has 1 atom stereocenters. The van der Waals surface area contributed by atoms with Crippen molar-refractivity contribution >= 4 is 12.0 Å². The van der Waals surface area contributed by atoms with E-state index in [9.17, 15) is 9.90 Å². The second-order valence-electron chi connectivity index (χ2n) is 5.82. The zero-order valence-corrected chi connectivity index (χ0v) is 16.4. The third-order valence-corrected chi connectivity index (χ3v) is 4.10. The first-order valence-electron chi connectivity index (χ1n) is 8.60. The summed E-state index contributed by atoms with van der Waals surface area (Å²) in [7, 11) is 6.17. The van der Waals surface area contributed by atoms with Crippen LogP contribution in [0.25, 0.3) is 6.08 Å². The van der Waals surface area contributed by atoms with Gasteiger partial charge >= 0.3 is 0 Å². The highest BCUT2D eigenvalue weighted by molar-refractivity contribution is 5.91. The van der Waals surface area contributed by atoms with Crippen LogP contribution >= 0.6 is 0 Å². The molecule has 7 heteroatoms. The molecule has 1 unspecified atom stereocenters. The van der Waals surface area contributed by atoms with Gasteiger partial charge < -0.3 is 29.4 Å². The van der Waals surface area contributed by atoms with E-state index in [4.69, 9.17) is 18.9 Å². The molecule has 0 spiro atoms. The first-order valence-corrected chi connectivity index (χ1v) is 8.60. The quantitative estimate of drug-likeness (QED) is 0.643. The minimum atomic E-state index is -0.877. The van der Waals surface area contributed by atoms with Gasteiger partial charge in [0, 0.05) is 12.6 Å². The van der Waals surface area contributed by atoms with E-state index in [1.165, 1.54) is 13.2 Å². The van der Waals surface area contributed by atoms with Crippen LogP contribution in [0.1, 0.15) is 17.2 Å². The molecule has 0 aromatic heterocycles. The highest BCUT2D eigenvalue weighted by Gasteiger charge is 2.12. The lowest BCUT2D eigenvalue weighted by atomic mass is 10.1. The van der Waals surface area contributed by atoms with E-state index in [0.717, 1.165) is 5.56 Å². The summed E-state index contributed by atoms with van der Waals surface area (Å²) in [5.41, 5.74) is 1.40. The summed E-state index contributed by atoms with van der Waals surface area (Å²) in [5, 5.41) is 13.0. The molecule has 2 aromatic carbocycles. The van der Waals surface area contributed by atoms with Gasteiger partial charge in [0.25, 0.3) is 0 Å². The first-order chi connectivity index (χ1) is 13.5. The Kier molecular flexibility index (Phi) is 7.71. The Morgan fingerprint density at radius 3 is 2.11 bits per heavy atom. The van der Waals surface area contributed by atoms with Crippen LogP contribution in [0.2, 0.25) is 0 Å². The SMILES string of the molecule is COc1ccc(/C=C/C(=O)NCC(O)c2ccc(OC)c(OC)c2)cc1OC. The van der Waals surface area contributed by atoms with Gasteiger partial charge in [-0.3, -0.25) is 4.79 Å². The summed E-state index contributed by atoms with van der Waals surface area (Å²) in [5.74, 6) is 1.95. The number of carbonyl (C=O) groups is 1. The Bertz CT molecular complexity index is 834. The van der Waals surface area contributed by atoms with E-state index >= 15 is 0 Å². The lowest BCUT2D eigenvalue weighted by Crippen LogP contribution is -2.26. The number of hydrogen-bond donors (Lipinski definition) is 2. The third kappa shape index (κ3) is 5.40. The summed E-state index contributed by atoms with van der Waals surface area (Å²) in [6, 6.07) is 10.4. The van der Waals surface area contributed by atoms with Crippen molar-refractivity contribution in [3.8, 4) is 23.0 Å². The Morgan fingerprint density at radius 2 is 1.50 bits per heavy atom. The van der Waals surface area contributed by atoms with Crippen LogP contribution in [0.15, 0.2) is 42.5 Å². The zero-order chi connectivity index (χ0) is 20.5. The molecule has 7 nitrogen and oxygen atoms in total. The number of amides is 1. The van der Waals surface area contributed by atoms with E-state index in [-0.39, 0.29) is 12.5 Å². The predicted molar refractivity (Wildman–Crippen MR) is 106 cm³/mol. The maximum atomic E-state index is 12.0. The molecule has 2 rings (SSSR count). The Labute approximate surface area is 164 Å². The van der Waals surface area contributed by atoms with Gasteiger partial charge in [-0.25, -0.2) is 0 Å². The summed E-state index contributed by atoms with van der Waals surface area (Å²) < 4.78 is 20.8. The number of aliphatic hydroxyl groups excluding tert-OH is 1. The average molecular weight is 387 g/mol. The van der Waals surface area contributed by atoms with Gasteiger partial charge in [-0.2, -0.15) is 0 Å². The first kappa shape index (κ1) is 21.1. The van der Waals surface area contributed by atoms with E-state index in [1.54, 1.807) is 57.7 Å². The molecule has 150 valence electrons. The third-order valence-electron chi connectivity index (χ3n) is 4.10. The van der Waals surface area contributed by atoms with Crippen LogP contribution in [-0.4, -0.2) is 46.0 Å². The molecule has 1 amide bonds. The van der Waals surface area contributed by atoms with Gasteiger partial charge in [-0.05, 0) is 41.5 Å². The van der Waals surface area contributed by atoms with Gasteiger partial charge in [-0.1, -0.05) is 12.1 Å². The number of hydrogen-bond acceptors (Lipinski definition) is 6. The van der Waals surface area contributed by atoms with E-state index in [2.05, 4.69) is 5.32 Å². The van der Waals surface area contributed by atoms with Crippen molar-refractivity contribution in [2.45, 2.75) is 6.10 Å². The number of rotatable bonds is 9. The van der Waals surface area contributed by atoms with E-state index in [1.807, 2.05) is 6.07 Å². The maximum absolute atomic E-state index is 12.0. The van der Waals surface area contributed by atoms with Crippen LogP contribution in [-0.2, 0) is 4.79 Å². The number of aliphatic hydroxyl groups is 1. The minimum absolute atomic E-state index is 0.0601. The molecule has 0 saturated carbocycles. The molecular weight excluding hydrogens is 362 g/mol. The van der Waals surface area contributed by atoms with Crippen molar-refractivity contribution in [3.63, 3.8) is 0 Å². The topological polar surface area (TPSA) is 86.3 Å². The maximum Gasteiger partial charge on any atom is 0.244 e. The van der Waals surface area contributed by atoms with Crippen LogP contribution < -0.4 is 24.3 Å². The summed E-state index contributed by atoms with van der Waals surface area (Å²) in [6.45, 7) is 0.0601. The monoisotopic (exact) mass is 387 g/mol. The molecule has 0 aliphatic carbocycles. The molecule has 0 aliphatic heterocycles. The molecular formula is C21H25NO6. The second-order valence-corrected chi connectivity index (χ2v) is 5.82. The Balaban J connectivity index is 1.95. The van der Waals surface area contributed by atoms with E-state index < -0.39 is 6.10 Å². The van der Waals surface area contributed by atoms with Crippen LogP contribution in [0.4, 0.5) is 0 Å². The molecule has 0 heterocycles. The standard InChI is InChI=1S/C21H25NO6/c1-25-17-8-5-14(11-19(17)27-3)6-10-21(24)22-13-16(23)15-7-9-18(26-2)20(12-15)28-4/h5-12,16,23H,13H2,1-4H3,(H,22,24)/b10-6+. The van der Waals surface area contributed by atoms with Crippen molar-refractivity contribution in [3.05, 3.63) is 53.6 Å². The highest BCUT2D eigenvalue weighted by Crippen LogP contribution is 2.30. The molecule has 28 heavy (non-hydrogen) atoms. The highest BCUT2D eigenvalue weighted by atomic mass is 16.5. The van der Waals surface area contributed by atoms with Gasteiger partial charge in [0.05, 0.1) is 34.5 Å². The van der Waals surface area contributed by atoms with Crippen LogP contribution in [0.3, 0.4) is 0 Å². The number of ether oxygens (including phenoxy) is 4. The van der Waals surface area contributed by atoms with E-state index in [0.29, 0.717) is 28.6 Å². The number of carbonyl (C=O) groups excluding carboxylic acids is 1. The van der Waals surface area contributed by atoms with Gasteiger partial charge in [0.2, 0.25) is 5.91 Å². The zero-order valence-electron chi connectivity index (χ0n) is 16.4. The summed E-state index contributed by atoms with van der Waals surface area (Å²) >= 11 is 0. The smallest absolute Gasteiger partial charge is 0.244 e. The predicted octanol–water partition coefficient (Wildman–Crippen LogP) is 2.58. The van der Waals surface area contributed by atoms with Crippen LogP contribution in [0.5, 0.6) is 23.0 Å². The van der Waals surface area contributed by atoms with Crippen molar-refractivity contribution in [2.24, 2.45) is 0 Å². The van der Waals surface area contributed by atoms with Gasteiger partial charge in [0.1, 0.15) is 0 Å². The van der Waals surface area contributed by atoms with Crippen molar-refractivity contribution in [2.75, 3.05) is 35.0 Å². The molecule has 2 N–H and O–H groups in total. The normalized spacial score (nSPS) is 11.8. The molecule has 2 aromatic rings. The Hall–Kier alpha value is -3.19. The molecule has 0 bridgehead atoms. The molecule has 0 fully saturated rings. The fourth-order valence-electron chi connectivity index (χ4n) is 2.56. The molecule has 0 saturated heterocycles. The average Bonchev–Trinajstić information content (AvgIpc) is 2.74. The van der Waals surface area contributed by atoms with Gasteiger partial charge in [0.15, 0.2) is 23.0 Å². The fourth-order valence-corrected chi connectivity index (χ4v) is 2.56. The molecule has 0 radical (unpaired) electrons. The second kappa shape index (κ2) is 10.2. The number of methoxy groups -OCH3 is 4. The minimum Gasteiger partial charge on any atom is -0.493 e. The lowest BCUT2D eigenvalue weighted by Gasteiger charge is -2.14. The number of nitrogens with one attached hydrogen (secondary N) is 1. The lowest BCUT2D eigenvalue weighted by molar-refractivity contribution is -0.116. The molecule has 0 aliphatic rings. The van der Waals surface area contributed by atoms with Crippen molar-refractivity contribution < 1.29 is 28.8 Å².